The van der Waals surface area contributed by atoms with E-state index < -0.39 is 5.60 Å². The van der Waals surface area contributed by atoms with Gasteiger partial charge in [-0.15, -0.1) is 12.4 Å². The van der Waals surface area contributed by atoms with Crippen LogP contribution in [0.25, 0.3) is 0 Å². The normalized spacial score (nSPS) is 17.1. The number of aryl methyl sites for hydroxylation is 1. The summed E-state index contributed by atoms with van der Waals surface area (Å²) in [7, 11) is 1.59. The Labute approximate surface area is 130 Å². The highest BCUT2D eigenvalue weighted by atomic mass is 35.5. The number of nitrogens with one attached hydrogen (secondary N) is 2. The number of hydrogen-bond donors (Lipinski definition) is 2. The summed E-state index contributed by atoms with van der Waals surface area (Å²) in [5.74, 6) is -0.101. The van der Waals surface area contributed by atoms with Crippen LogP contribution in [0.4, 0.5) is 5.69 Å². The Morgan fingerprint density at radius 1 is 1.40 bits per heavy atom. The molecule has 1 amide bonds. The fraction of sp³-hybridized carbons (Fsp3) is 0.500. The Kier molecular flexibility index (Phi) is 6.27. The first-order chi connectivity index (χ1) is 9.07. The molecule has 0 unspecified atom stereocenters. The van der Waals surface area contributed by atoms with Gasteiger partial charge in [0.1, 0.15) is 5.60 Å². The maximum absolute atomic E-state index is 12.4. The van der Waals surface area contributed by atoms with E-state index in [4.69, 9.17) is 16.3 Å². The second kappa shape index (κ2) is 7.27. The summed E-state index contributed by atoms with van der Waals surface area (Å²) in [5.41, 5.74) is 0.960. The summed E-state index contributed by atoms with van der Waals surface area (Å²) in [6.45, 7) is 3.50. The van der Waals surface area contributed by atoms with Crippen LogP contribution in [-0.2, 0) is 9.53 Å². The number of halogens is 2. The van der Waals surface area contributed by atoms with Crippen molar-refractivity contribution < 1.29 is 9.53 Å². The van der Waals surface area contributed by atoms with Crippen molar-refractivity contribution in [3.63, 3.8) is 0 Å². The molecule has 0 bridgehead atoms. The number of benzene rings is 1. The lowest BCUT2D eigenvalue weighted by Gasteiger charge is -2.34. The number of methoxy groups -OCH3 is 1. The minimum atomic E-state index is -0.734. The molecular weight excluding hydrogens is 299 g/mol. The highest BCUT2D eigenvalue weighted by molar-refractivity contribution is 6.31. The van der Waals surface area contributed by atoms with E-state index in [0.717, 1.165) is 18.7 Å². The predicted molar refractivity (Wildman–Crippen MR) is 83.9 cm³/mol. The van der Waals surface area contributed by atoms with Gasteiger partial charge < -0.3 is 15.4 Å². The molecule has 0 aliphatic carbocycles. The van der Waals surface area contributed by atoms with E-state index >= 15 is 0 Å². The van der Waals surface area contributed by atoms with Gasteiger partial charge in [-0.05, 0) is 50.6 Å². The van der Waals surface area contributed by atoms with Crippen LogP contribution in [0.1, 0.15) is 18.4 Å². The van der Waals surface area contributed by atoms with Crippen molar-refractivity contribution in [2.75, 3.05) is 25.5 Å². The average Bonchev–Trinajstić information content (AvgIpc) is 2.43. The Bertz CT molecular complexity index is 474. The van der Waals surface area contributed by atoms with Crippen molar-refractivity contribution in [1.82, 2.24) is 5.32 Å². The van der Waals surface area contributed by atoms with E-state index in [2.05, 4.69) is 10.6 Å². The number of amides is 1. The van der Waals surface area contributed by atoms with Gasteiger partial charge in [0.15, 0.2) is 0 Å². The third-order valence-corrected chi connectivity index (χ3v) is 4.05. The van der Waals surface area contributed by atoms with Crippen LogP contribution in [0.3, 0.4) is 0 Å². The van der Waals surface area contributed by atoms with Gasteiger partial charge in [0.2, 0.25) is 0 Å². The molecule has 1 aromatic rings. The molecule has 1 saturated heterocycles. The van der Waals surface area contributed by atoms with Gasteiger partial charge in [-0.2, -0.15) is 0 Å². The number of anilines is 1. The lowest BCUT2D eigenvalue weighted by Crippen LogP contribution is -2.51. The Morgan fingerprint density at radius 3 is 2.60 bits per heavy atom. The zero-order valence-electron chi connectivity index (χ0n) is 11.7. The molecule has 0 spiro atoms. The lowest BCUT2D eigenvalue weighted by molar-refractivity contribution is -0.140. The molecule has 2 N–H and O–H groups in total. The standard InChI is InChI=1S/C14H19ClN2O2.ClH/c1-10-3-4-11(9-12(10)15)17-13(18)14(19-2)5-7-16-8-6-14;/h3-4,9,16H,5-8H2,1-2H3,(H,17,18);1H. The van der Waals surface area contributed by atoms with E-state index in [9.17, 15) is 4.79 Å². The third-order valence-electron chi connectivity index (χ3n) is 3.65. The molecule has 4 nitrogen and oxygen atoms in total. The quantitative estimate of drug-likeness (QED) is 0.901. The SMILES string of the molecule is COC1(C(=O)Nc2ccc(C)c(Cl)c2)CCNCC1.Cl. The molecule has 1 aliphatic heterocycles. The zero-order chi connectivity index (χ0) is 13.9. The molecule has 0 radical (unpaired) electrons. The predicted octanol–water partition coefficient (Wildman–Crippen LogP) is 2.78. The summed E-state index contributed by atoms with van der Waals surface area (Å²) < 4.78 is 5.48. The van der Waals surface area contributed by atoms with Gasteiger partial charge in [0.25, 0.3) is 5.91 Å². The highest BCUT2D eigenvalue weighted by Gasteiger charge is 2.39. The van der Waals surface area contributed by atoms with E-state index in [1.165, 1.54) is 0 Å². The lowest BCUT2D eigenvalue weighted by atomic mass is 9.91. The van der Waals surface area contributed by atoms with Gasteiger partial charge in [-0.3, -0.25) is 4.79 Å². The summed E-state index contributed by atoms with van der Waals surface area (Å²) in [6, 6.07) is 5.50. The van der Waals surface area contributed by atoms with Crippen molar-refractivity contribution >= 4 is 35.6 Å². The van der Waals surface area contributed by atoms with Crippen LogP contribution >= 0.6 is 24.0 Å². The molecular formula is C14H20Cl2N2O2. The molecule has 1 aromatic carbocycles. The topological polar surface area (TPSA) is 50.4 Å². The number of rotatable bonds is 3. The van der Waals surface area contributed by atoms with E-state index in [1.54, 1.807) is 13.2 Å². The Morgan fingerprint density at radius 2 is 2.05 bits per heavy atom. The first-order valence-corrected chi connectivity index (χ1v) is 6.79. The minimum Gasteiger partial charge on any atom is -0.368 e. The van der Waals surface area contributed by atoms with Crippen molar-refractivity contribution in [3.05, 3.63) is 28.8 Å². The molecule has 0 atom stereocenters. The van der Waals surface area contributed by atoms with Gasteiger partial charge >= 0.3 is 0 Å². The molecule has 20 heavy (non-hydrogen) atoms. The van der Waals surface area contributed by atoms with Crippen LogP contribution in [0.15, 0.2) is 18.2 Å². The van der Waals surface area contributed by atoms with Gasteiger partial charge in [0.05, 0.1) is 0 Å². The minimum absolute atomic E-state index is 0. The molecule has 1 aliphatic rings. The average molecular weight is 319 g/mol. The molecule has 6 heteroatoms. The van der Waals surface area contributed by atoms with Crippen molar-refractivity contribution in [1.29, 1.82) is 0 Å². The first-order valence-electron chi connectivity index (χ1n) is 6.41. The number of piperidine rings is 1. The maximum Gasteiger partial charge on any atom is 0.256 e. The fourth-order valence-electron chi connectivity index (χ4n) is 2.27. The van der Waals surface area contributed by atoms with Gasteiger partial charge in [-0.1, -0.05) is 17.7 Å². The molecule has 112 valence electrons. The fourth-order valence-corrected chi connectivity index (χ4v) is 2.45. The molecule has 2 rings (SSSR count). The molecule has 1 heterocycles. The summed E-state index contributed by atoms with van der Waals surface area (Å²) in [5, 5.41) is 6.77. The van der Waals surface area contributed by atoms with Crippen LogP contribution in [-0.4, -0.2) is 31.7 Å². The largest absolute Gasteiger partial charge is 0.368 e. The van der Waals surface area contributed by atoms with Crippen LogP contribution in [0.5, 0.6) is 0 Å². The Balaban J connectivity index is 0.00000200. The van der Waals surface area contributed by atoms with Gasteiger partial charge in [-0.25, -0.2) is 0 Å². The zero-order valence-corrected chi connectivity index (χ0v) is 13.2. The summed E-state index contributed by atoms with van der Waals surface area (Å²) >= 11 is 6.06. The smallest absolute Gasteiger partial charge is 0.256 e. The molecule has 0 saturated carbocycles. The number of carbonyl (C=O) groups is 1. The van der Waals surface area contributed by atoms with Crippen molar-refractivity contribution in [2.45, 2.75) is 25.4 Å². The van der Waals surface area contributed by atoms with E-state index in [-0.39, 0.29) is 18.3 Å². The maximum atomic E-state index is 12.4. The molecule has 1 fully saturated rings. The third kappa shape index (κ3) is 3.64. The summed E-state index contributed by atoms with van der Waals surface area (Å²) in [6.07, 6.45) is 1.35. The molecule has 0 aromatic heterocycles. The Hall–Kier alpha value is -0.810. The van der Waals surface area contributed by atoms with Gasteiger partial charge in [0, 0.05) is 17.8 Å². The van der Waals surface area contributed by atoms with E-state index in [1.807, 2.05) is 19.1 Å². The second-order valence-electron chi connectivity index (χ2n) is 4.87. The number of hydrogen-bond acceptors (Lipinski definition) is 3. The number of carbonyl (C=O) groups excluding carboxylic acids is 1. The highest BCUT2D eigenvalue weighted by Crippen LogP contribution is 2.26. The van der Waals surface area contributed by atoms with Crippen LogP contribution in [0, 0.1) is 6.92 Å². The van der Waals surface area contributed by atoms with E-state index in [0.29, 0.717) is 23.6 Å². The van der Waals surface area contributed by atoms with Crippen molar-refractivity contribution in [3.8, 4) is 0 Å². The summed E-state index contributed by atoms with van der Waals surface area (Å²) in [4.78, 5) is 12.4. The monoisotopic (exact) mass is 318 g/mol. The number of ether oxygens (including phenoxy) is 1. The second-order valence-corrected chi connectivity index (χ2v) is 5.27. The van der Waals surface area contributed by atoms with Crippen molar-refractivity contribution in [2.24, 2.45) is 0 Å². The first kappa shape index (κ1) is 17.2. The van der Waals surface area contributed by atoms with Crippen LogP contribution in [0.2, 0.25) is 5.02 Å². The van der Waals surface area contributed by atoms with Crippen LogP contribution < -0.4 is 10.6 Å².